The Bertz CT molecular complexity index is 596. The lowest BCUT2D eigenvalue weighted by atomic mass is 10.2. The summed E-state index contributed by atoms with van der Waals surface area (Å²) in [6, 6.07) is 7.19. The average molecular weight is 266 g/mol. The number of nitrogens with zero attached hydrogens (tertiary/aromatic N) is 2. The van der Waals surface area contributed by atoms with Gasteiger partial charge in [-0.2, -0.15) is 0 Å². The van der Waals surface area contributed by atoms with Gasteiger partial charge < -0.3 is 0 Å². The Kier molecular flexibility index (Phi) is 3.29. The van der Waals surface area contributed by atoms with E-state index in [2.05, 4.69) is 5.43 Å². The summed E-state index contributed by atoms with van der Waals surface area (Å²) >= 11 is 5.83. The number of hydrogen-bond acceptors (Lipinski definition) is 3. The molecule has 0 aliphatic carbocycles. The van der Waals surface area contributed by atoms with Gasteiger partial charge in [0.25, 0.3) is 11.6 Å². The fourth-order valence-electron chi connectivity index (χ4n) is 1.39. The number of hydrogen-bond donors (Lipinski definition) is 1. The van der Waals surface area contributed by atoms with Gasteiger partial charge in [-0.1, -0.05) is 11.6 Å². The molecule has 1 aromatic heterocycles. The van der Waals surface area contributed by atoms with Crippen LogP contribution in [0.25, 0.3) is 0 Å². The number of nitrogens with one attached hydrogen (secondary N) is 1. The standard InChI is InChI=1S/C11H8ClN3O3/c12-10-7-8(15(17)18)3-4-9(10)11(16)13-14-5-1-2-6-14/h1-7H,(H,13,16). The van der Waals surface area contributed by atoms with Gasteiger partial charge in [-0.3, -0.25) is 25.0 Å². The van der Waals surface area contributed by atoms with Crippen LogP contribution in [0.2, 0.25) is 5.02 Å². The van der Waals surface area contributed by atoms with Crippen molar-refractivity contribution in [2.24, 2.45) is 0 Å². The van der Waals surface area contributed by atoms with Crippen molar-refractivity contribution in [2.75, 3.05) is 5.43 Å². The van der Waals surface area contributed by atoms with Gasteiger partial charge in [0.15, 0.2) is 0 Å². The van der Waals surface area contributed by atoms with E-state index in [-0.39, 0.29) is 16.3 Å². The van der Waals surface area contributed by atoms with Gasteiger partial charge in [-0.15, -0.1) is 0 Å². The molecular formula is C11H8ClN3O3. The first-order chi connectivity index (χ1) is 8.58. The molecule has 0 aliphatic rings. The highest BCUT2D eigenvalue weighted by Crippen LogP contribution is 2.22. The molecule has 0 atom stereocenters. The Balaban J connectivity index is 2.23. The number of nitro groups is 1. The molecule has 0 radical (unpaired) electrons. The average Bonchev–Trinajstić information content (AvgIpc) is 2.81. The van der Waals surface area contributed by atoms with Crippen molar-refractivity contribution < 1.29 is 9.72 Å². The predicted octanol–water partition coefficient (Wildman–Crippen LogP) is 2.43. The van der Waals surface area contributed by atoms with Crippen LogP contribution in [-0.2, 0) is 0 Å². The number of carbonyl (C=O) groups is 1. The third-order valence-electron chi connectivity index (χ3n) is 2.24. The van der Waals surface area contributed by atoms with Crippen LogP contribution < -0.4 is 5.43 Å². The van der Waals surface area contributed by atoms with Crippen molar-refractivity contribution in [1.82, 2.24) is 4.68 Å². The Labute approximate surface area is 107 Å². The molecule has 0 saturated heterocycles. The minimum absolute atomic E-state index is 0.0360. The van der Waals surface area contributed by atoms with Crippen LogP contribution in [0, 0.1) is 10.1 Å². The molecule has 1 amide bonds. The molecule has 0 spiro atoms. The smallest absolute Gasteiger partial charge is 0.268 e. The van der Waals surface area contributed by atoms with Crippen LogP contribution in [-0.4, -0.2) is 15.5 Å². The lowest BCUT2D eigenvalue weighted by Crippen LogP contribution is -2.21. The van der Waals surface area contributed by atoms with Gasteiger partial charge in [0.05, 0.1) is 15.5 Å². The molecule has 0 saturated carbocycles. The van der Waals surface area contributed by atoms with Crippen LogP contribution in [0.4, 0.5) is 5.69 Å². The summed E-state index contributed by atoms with van der Waals surface area (Å²) in [7, 11) is 0. The molecule has 1 N–H and O–H groups in total. The fraction of sp³-hybridized carbons (Fsp3) is 0. The molecule has 92 valence electrons. The van der Waals surface area contributed by atoms with E-state index in [1.807, 2.05) is 0 Å². The minimum atomic E-state index is -0.570. The van der Waals surface area contributed by atoms with Gasteiger partial charge >= 0.3 is 0 Å². The maximum atomic E-state index is 11.8. The third-order valence-corrected chi connectivity index (χ3v) is 2.56. The molecule has 7 heteroatoms. The molecule has 6 nitrogen and oxygen atoms in total. The summed E-state index contributed by atoms with van der Waals surface area (Å²) in [6.07, 6.45) is 3.30. The Morgan fingerprint density at radius 2 is 2.00 bits per heavy atom. The summed E-state index contributed by atoms with van der Waals surface area (Å²) in [5.74, 6) is -0.439. The second kappa shape index (κ2) is 4.89. The van der Waals surface area contributed by atoms with E-state index in [1.54, 1.807) is 24.5 Å². The summed E-state index contributed by atoms with van der Waals surface area (Å²) in [4.78, 5) is 21.8. The van der Waals surface area contributed by atoms with Gasteiger partial charge in [0, 0.05) is 24.5 Å². The summed E-state index contributed by atoms with van der Waals surface area (Å²) < 4.78 is 1.46. The van der Waals surface area contributed by atoms with Gasteiger partial charge in [0.2, 0.25) is 0 Å². The van der Waals surface area contributed by atoms with Crippen LogP contribution >= 0.6 is 11.6 Å². The second-order valence-electron chi connectivity index (χ2n) is 3.45. The molecule has 0 unspecified atom stereocenters. The molecule has 18 heavy (non-hydrogen) atoms. The number of amides is 1. The monoisotopic (exact) mass is 265 g/mol. The van der Waals surface area contributed by atoms with Crippen molar-refractivity contribution in [2.45, 2.75) is 0 Å². The molecule has 2 rings (SSSR count). The van der Waals surface area contributed by atoms with E-state index >= 15 is 0 Å². The van der Waals surface area contributed by atoms with E-state index in [4.69, 9.17) is 11.6 Å². The first-order valence-electron chi connectivity index (χ1n) is 4.96. The highest BCUT2D eigenvalue weighted by atomic mass is 35.5. The Morgan fingerprint density at radius 3 is 2.56 bits per heavy atom. The Hall–Kier alpha value is -2.34. The van der Waals surface area contributed by atoms with E-state index in [1.165, 1.54) is 16.8 Å². The molecule has 1 aromatic carbocycles. The zero-order chi connectivity index (χ0) is 13.1. The number of non-ortho nitro benzene ring substituents is 1. The highest BCUT2D eigenvalue weighted by Gasteiger charge is 2.14. The number of nitro benzene ring substituents is 1. The number of carbonyl (C=O) groups excluding carboxylic acids is 1. The lowest BCUT2D eigenvalue weighted by molar-refractivity contribution is -0.384. The first kappa shape index (κ1) is 12.1. The molecule has 2 aromatic rings. The van der Waals surface area contributed by atoms with Crippen molar-refractivity contribution in [1.29, 1.82) is 0 Å². The summed E-state index contributed by atoms with van der Waals surface area (Å²) in [6.45, 7) is 0. The van der Waals surface area contributed by atoms with Gasteiger partial charge in [-0.25, -0.2) is 0 Å². The largest absolute Gasteiger partial charge is 0.271 e. The number of rotatable bonds is 3. The number of halogens is 1. The lowest BCUT2D eigenvalue weighted by Gasteiger charge is -2.07. The third kappa shape index (κ3) is 2.49. The van der Waals surface area contributed by atoms with Crippen LogP contribution in [0.1, 0.15) is 10.4 Å². The van der Waals surface area contributed by atoms with Crippen LogP contribution in [0.3, 0.4) is 0 Å². The van der Waals surface area contributed by atoms with E-state index in [0.717, 1.165) is 6.07 Å². The zero-order valence-corrected chi connectivity index (χ0v) is 9.79. The van der Waals surface area contributed by atoms with E-state index < -0.39 is 10.8 Å². The molecule has 1 heterocycles. The van der Waals surface area contributed by atoms with E-state index in [9.17, 15) is 14.9 Å². The van der Waals surface area contributed by atoms with Crippen LogP contribution in [0.15, 0.2) is 42.7 Å². The molecular weight excluding hydrogens is 258 g/mol. The summed E-state index contributed by atoms with van der Waals surface area (Å²) in [5, 5.41) is 10.6. The van der Waals surface area contributed by atoms with Crippen LogP contribution in [0.5, 0.6) is 0 Å². The van der Waals surface area contributed by atoms with Crippen molar-refractivity contribution in [3.63, 3.8) is 0 Å². The SMILES string of the molecule is O=C(Nn1cccc1)c1ccc([N+](=O)[O-])cc1Cl. The highest BCUT2D eigenvalue weighted by molar-refractivity contribution is 6.34. The minimum Gasteiger partial charge on any atom is -0.268 e. The first-order valence-corrected chi connectivity index (χ1v) is 5.34. The Morgan fingerprint density at radius 1 is 1.33 bits per heavy atom. The van der Waals surface area contributed by atoms with Crippen molar-refractivity contribution in [3.05, 3.63) is 63.4 Å². The predicted molar refractivity (Wildman–Crippen MR) is 66.2 cm³/mol. The molecule has 0 bridgehead atoms. The number of aromatic nitrogens is 1. The second-order valence-corrected chi connectivity index (χ2v) is 3.86. The maximum absolute atomic E-state index is 11.8. The zero-order valence-electron chi connectivity index (χ0n) is 9.04. The van der Waals surface area contributed by atoms with Crippen molar-refractivity contribution >= 4 is 23.2 Å². The maximum Gasteiger partial charge on any atom is 0.271 e. The van der Waals surface area contributed by atoms with Gasteiger partial charge in [0.1, 0.15) is 0 Å². The summed E-state index contributed by atoms with van der Waals surface area (Å²) in [5.41, 5.74) is 2.57. The topological polar surface area (TPSA) is 77.2 Å². The normalized spacial score (nSPS) is 10.1. The van der Waals surface area contributed by atoms with E-state index in [0.29, 0.717) is 0 Å². The quantitative estimate of drug-likeness (QED) is 0.684. The van der Waals surface area contributed by atoms with Crippen molar-refractivity contribution in [3.8, 4) is 0 Å². The molecule has 0 aliphatic heterocycles. The van der Waals surface area contributed by atoms with Gasteiger partial charge in [-0.05, 0) is 18.2 Å². The molecule has 0 fully saturated rings. The number of benzene rings is 1. The fourth-order valence-corrected chi connectivity index (χ4v) is 1.65.